The van der Waals surface area contributed by atoms with E-state index in [9.17, 15) is 4.79 Å². The summed E-state index contributed by atoms with van der Waals surface area (Å²) in [5.41, 5.74) is 4.50. The first-order valence-electron chi connectivity index (χ1n) is 8.92. The molecular formula is C22H24N2O2S. The molecule has 0 aliphatic carbocycles. The van der Waals surface area contributed by atoms with Crippen molar-refractivity contribution in [1.29, 1.82) is 0 Å². The van der Waals surface area contributed by atoms with Gasteiger partial charge in [-0.2, -0.15) is 0 Å². The molecule has 1 fully saturated rings. The monoisotopic (exact) mass is 380 g/mol. The minimum Gasteiger partial charge on any atom is -0.496 e. The number of carbonyl (C=O) groups excluding carboxylic acids is 1. The van der Waals surface area contributed by atoms with E-state index in [1.165, 1.54) is 0 Å². The number of nitrogens with zero attached hydrogens (tertiary/aromatic N) is 2. The highest BCUT2D eigenvalue weighted by Crippen LogP contribution is 2.32. The van der Waals surface area contributed by atoms with Crippen molar-refractivity contribution in [2.45, 2.75) is 26.7 Å². The zero-order chi connectivity index (χ0) is 19.7. The van der Waals surface area contributed by atoms with Crippen LogP contribution < -0.4 is 9.64 Å². The van der Waals surface area contributed by atoms with Gasteiger partial charge in [0.25, 0.3) is 5.91 Å². The average molecular weight is 381 g/mol. The number of benzene rings is 2. The van der Waals surface area contributed by atoms with Gasteiger partial charge in [-0.1, -0.05) is 32.0 Å². The molecule has 1 amide bonds. The molecule has 0 saturated carbocycles. The van der Waals surface area contributed by atoms with Crippen molar-refractivity contribution in [3.8, 4) is 5.75 Å². The summed E-state index contributed by atoms with van der Waals surface area (Å²) >= 11 is 5.53. The van der Waals surface area contributed by atoms with E-state index in [0.717, 1.165) is 28.1 Å². The molecule has 3 rings (SSSR count). The van der Waals surface area contributed by atoms with Gasteiger partial charge in [0.15, 0.2) is 5.11 Å². The molecular weight excluding hydrogens is 356 g/mol. The number of thiocarbonyl (C=S) groups is 1. The molecule has 0 unspecified atom stereocenters. The third-order valence-corrected chi connectivity index (χ3v) is 5.27. The van der Waals surface area contributed by atoms with Crippen LogP contribution in [0, 0.1) is 6.92 Å². The molecule has 1 aliphatic heterocycles. The highest BCUT2D eigenvalue weighted by Gasteiger charge is 2.36. The Balaban J connectivity index is 2.06. The summed E-state index contributed by atoms with van der Waals surface area (Å²) in [4.78, 5) is 16.4. The number of hydrogen-bond acceptors (Lipinski definition) is 3. The van der Waals surface area contributed by atoms with E-state index in [4.69, 9.17) is 17.0 Å². The van der Waals surface area contributed by atoms with E-state index >= 15 is 0 Å². The van der Waals surface area contributed by atoms with Crippen LogP contribution in [0.25, 0.3) is 6.08 Å². The summed E-state index contributed by atoms with van der Waals surface area (Å²) in [6, 6.07) is 13.6. The van der Waals surface area contributed by atoms with Gasteiger partial charge >= 0.3 is 0 Å². The molecule has 2 aromatic rings. The van der Waals surface area contributed by atoms with Gasteiger partial charge in [-0.3, -0.25) is 9.69 Å². The van der Waals surface area contributed by atoms with Crippen LogP contribution in [0.15, 0.2) is 48.2 Å². The fourth-order valence-electron chi connectivity index (χ4n) is 3.21. The van der Waals surface area contributed by atoms with Gasteiger partial charge in [0.1, 0.15) is 11.4 Å². The van der Waals surface area contributed by atoms with Crippen molar-refractivity contribution in [2.75, 3.05) is 19.1 Å². The fraction of sp³-hybridized carbons (Fsp3) is 0.273. The van der Waals surface area contributed by atoms with E-state index in [0.29, 0.717) is 16.7 Å². The Kier molecular flexibility index (Phi) is 5.33. The molecule has 0 atom stereocenters. The van der Waals surface area contributed by atoms with Crippen LogP contribution in [0.1, 0.15) is 36.5 Å². The molecule has 140 valence electrons. The maximum absolute atomic E-state index is 13.1. The molecule has 27 heavy (non-hydrogen) atoms. The number of carbonyl (C=O) groups is 1. The van der Waals surface area contributed by atoms with E-state index in [2.05, 4.69) is 19.9 Å². The van der Waals surface area contributed by atoms with Gasteiger partial charge in [-0.25, -0.2) is 0 Å². The summed E-state index contributed by atoms with van der Waals surface area (Å²) in [5, 5.41) is 0.479. The lowest BCUT2D eigenvalue weighted by atomic mass is 9.96. The topological polar surface area (TPSA) is 32.8 Å². The molecule has 2 aromatic carbocycles. The van der Waals surface area contributed by atoms with Crippen molar-refractivity contribution < 1.29 is 9.53 Å². The van der Waals surface area contributed by atoms with Gasteiger partial charge in [0, 0.05) is 7.05 Å². The van der Waals surface area contributed by atoms with Crippen molar-refractivity contribution in [1.82, 2.24) is 4.90 Å². The molecule has 4 nitrogen and oxygen atoms in total. The highest BCUT2D eigenvalue weighted by atomic mass is 32.1. The third kappa shape index (κ3) is 3.47. The third-order valence-electron chi connectivity index (χ3n) is 4.81. The number of aryl methyl sites for hydroxylation is 1. The summed E-state index contributed by atoms with van der Waals surface area (Å²) in [6.45, 7) is 6.28. The normalized spacial score (nSPS) is 16.0. The number of methoxy groups -OCH3 is 1. The minimum atomic E-state index is -0.116. The van der Waals surface area contributed by atoms with Gasteiger partial charge in [0.2, 0.25) is 0 Å². The number of ether oxygens (including phenoxy) is 1. The Morgan fingerprint density at radius 3 is 2.41 bits per heavy atom. The summed E-state index contributed by atoms with van der Waals surface area (Å²) in [7, 11) is 3.51. The lowest BCUT2D eigenvalue weighted by Crippen LogP contribution is -2.30. The predicted molar refractivity (Wildman–Crippen MR) is 114 cm³/mol. The molecule has 0 aromatic heterocycles. The van der Waals surface area contributed by atoms with E-state index in [-0.39, 0.29) is 5.91 Å². The Labute approximate surface area is 166 Å². The lowest BCUT2D eigenvalue weighted by Gasteiger charge is -2.16. The molecule has 0 radical (unpaired) electrons. The maximum Gasteiger partial charge on any atom is 0.281 e. The molecule has 1 aliphatic rings. The summed E-state index contributed by atoms with van der Waals surface area (Å²) in [6.07, 6.45) is 1.91. The van der Waals surface area contributed by atoms with Crippen molar-refractivity contribution >= 4 is 35.0 Å². The Morgan fingerprint density at radius 1 is 1.15 bits per heavy atom. The van der Waals surface area contributed by atoms with Gasteiger partial charge in [-0.05, 0) is 72.1 Å². The first-order valence-corrected chi connectivity index (χ1v) is 9.33. The van der Waals surface area contributed by atoms with E-state index < -0.39 is 0 Å². The second-order valence-corrected chi connectivity index (χ2v) is 7.32. The van der Waals surface area contributed by atoms with Crippen molar-refractivity contribution in [2.24, 2.45) is 0 Å². The quantitative estimate of drug-likeness (QED) is 0.567. The zero-order valence-electron chi connectivity index (χ0n) is 16.3. The molecule has 0 N–H and O–H groups in total. The Bertz CT molecular complexity index is 919. The Hall–Kier alpha value is -2.66. The second kappa shape index (κ2) is 7.53. The fourth-order valence-corrected chi connectivity index (χ4v) is 3.49. The molecule has 0 spiro atoms. The first-order chi connectivity index (χ1) is 12.8. The van der Waals surface area contributed by atoms with Gasteiger partial charge in [-0.15, -0.1) is 0 Å². The van der Waals surface area contributed by atoms with E-state index in [1.807, 2.05) is 56.4 Å². The van der Waals surface area contributed by atoms with Crippen molar-refractivity contribution in [3.63, 3.8) is 0 Å². The zero-order valence-corrected chi connectivity index (χ0v) is 17.1. The number of anilines is 1. The number of hydrogen-bond donors (Lipinski definition) is 0. The van der Waals surface area contributed by atoms with Crippen LogP contribution in [0.4, 0.5) is 5.69 Å². The number of likely N-dealkylation sites (N-methyl/N-ethyl adjacent to an activating group) is 1. The highest BCUT2D eigenvalue weighted by molar-refractivity contribution is 7.80. The minimum absolute atomic E-state index is 0.116. The average Bonchev–Trinajstić information content (AvgIpc) is 2.86. The van der Waals surface area contributed by atoms with Crippen LogP contribution >= 0.6 is 12.2 Å². The standard InChI is InChI=1S/C22H24N2O2S/c1-14(2)18-12-16(15(3)11-20(18)26-5)13-19-21(25)24(22(27)23(19)4)17-9-7-6-8-10-17/h6-14H,1-5H3/b19-13-. The van der Waals surface area contributed by atoms with Crippen LogP contribution in [0.5, 0.6) is 5.75 Å². The van der Waals surface area contributed by atoms with Crippen LogP contribution in [-0.2, 0) is 4.79 Å². The van der Waals surface area contributed by atoms with Crippen LogP contribution in [0.3, 0.4) is 0 Å². The SMILES string of the molecule is COc1cc(C)c(/C=C2/C(=O)N(c3ccccc3)C(=S)N2C)cc1C(C)C. The smallest absolute Gasteiger partial charge is 0.281 e. The van der Waals surface area contributed by atoms with Gasteiger partial charge < -0.3 is 9.64 Å². The van der Waals surface area contributed by atoms with Gasteiger partial charge in [0.05, 0.1) is 12.8 Å². The largest absolute Gasteiger partial charge is 0.496 e. The number of para-hydroxylation sites is 1. The molecule has 1 saturated heterocycles. The maximum atomic E-state index is 13.1. The Morgan fingerprint density at radius 2 is 1.81 bits per heavy atom. The van der Waals surface area contributed by atoms with Crippen LogP contribution in [-0.4, -0.2) is 30.1 Å². The second-order valence-electron chi connectivity index (χ2n) is 6.95. The summed E-state index contributed by atoms with van der Waals surface area (Å²) < 4.78 is 5.52. The first kappa shape index (κ1) is 19.1. The summed E-state index contributed by atoms with van der Waals surface area (Å²) in [5.74, 6) is 1.07. The molecule has 1 heterocycles. The number of rotatable bonds is 4. The van der Waals surface area contributed by atoms with Crippen molar-refractivity contribution in [3.05, 3.63) is 64.9 Å². The molecule has 5 heteroatoms. The lowest BCUT2D eigenvalue weighted by molar-refractivity contribution is -0.114. The predicted octanol–water partition coefficient (Wildman–Crippen LogP) is 4.73. The number of amides is 1. The van der Waals surface area contributed by atoms with Crippen LogP contribution in [0.2, 0.25) is 0 Å². The molecule has 0 bridgehead atoms. The van der Waals surface area contributed by atoms with E-state index in [1.54, 1.807) is 16.9 Å².